The van der Waals surface area contributed by atoms with Crippen molar-refractivity contribution < 1.29 is 14.0 Å². The Balaban J connectivity index is 2.58. The monoisotopic (exact) mass is 278 g/mol. The van der Waals surface area contributed by atoms with Gasteiger partial charge in [-0.25, -0.2) is 4.39 Å². The van der Waals surface area contributed by atoms with Crippen LogP contribution in [0.4, 0.5) is 4.39 Å². The van der Waals surface area contributed by atoms with Crippen LogP contribution in [0.1, 0.15) is 19.4 Å². The molecule has 0 aliphatic rings. The molecule has 1 aromatic carbocycles. The van der Waals surface area contributed by atoms with E-state index in [0.717, 1.165) is 5.56 Å². The zero-order chi connectivity index (χ0) is 15.2. The number of benzene rings is 1. The van der Waals surface area contributed by atoms with Crippen molar-refractivity contribution in [3.05, 3.63) is 48.3 Å². The van der Waals surface area contributed by atoms with Crippen LogP contribution in [0.3, 0.4) is 0 Å². The second kappa shape index (κ2) is 6.84. The highest BCUT2D eigenvalue weighted by molar-refractivity contribution is 6.04. The molecular weight excluding hydrogens is 259 g/mol. The van der Waals surface area contributed by atoms with Gasteiger partial charge in [0.2, 0.25) is 11.8 Å². The van der Waals surface area contributed by atoms with Crippen LogP contribution in [-0.2, 0) is 16.1 Å². The molecule has 0 fully saturated rings. The van der Waals surface area contributed by atoms with E-state index in [4.69, 9.17) is 0 Å². The zero-order valence-corrected chi connectivity index (χ0v) is 11.7. The highest BCUT2D eigenvalue weighted by Gasteiger charge is 2.35. The molecule has 0 heterocycles. The van der Waals surface area contributed by atoms with Gasteiger partial charge in [0, 0.05) is 13.1 Å². The van der Waals surface area contributed by atoms with Gasteiger partial charge in [0.15, 0.2) is 0 Å². The summed E-state index contributed by atoms with van der Waals surface area (Å²) in [5.74, 6) is -1.08. The molecule has 0 atom stereocenters. The van der Waals surface area contributed by atoms with Crippen molar-refractivity contribution in [1.82, 2.24) is 10.6 Å². The lowest BCUT2D eigenvalue weighted by molar-refractivity contribution is -0.141. The Morgan fingerprint density at radius 1 is 1.20 bits per heavy atom. The van der Waals surface area contributed by atoms with Crippen molar-refractivity contribution in [2.75, 3.05) is 6.54 Å². The molecular formula is C15H19FN2O2. The summed E-state index contributed by atoms with van der Waals surface area (Å²) in [5.41, 5.74) is -0.412. The lowest BCUT2D eigenvalue weighted by Crippen LogP contribution is -2.47. The van der Waals surface area contributed by atoms with E-state index < -0.39 is 5.41 Å². The highest BCUT2D eigenvalue weighted by atomic mass is 19.1. The first-order valence-corrected chi connectivity index (χ1v) is 6.30. The number of rotatable bonds is 6. The number of nitrogens with one attached hydrogen (secondary N) is 2. The highest BCUT2D eigenvalue weighted by Crippen LogP contribution is 2.15. The fourth-order valence-electron chi connectivity index (χ4n) is 1.49. The van der Waals surface area contributed by atoms with Gasteiger partial charge >= 0.3 is 0 Å². The molecule has 0 radical (unpaired) electrons. The van der Waals surface area contributed by atoms with Crippen LogP contribution in [-0.4, -0.2) is 18.4 Å². The molecule has 108 valence electrons. The quantitative estimate of drug-likeness (QED) is 0.615. The third kappa shape index (κ3) is 4.19. The Hall–Kier alpha value is -2.17. The molecule has 0 aromatic heterocycles. The van der Waals surface area contributed by atoms with Crippen molar-refractivity contribution in [3.8, 4) is 0 Å². The Morgan fingerprint density at radius 3 is 2.30 bits per heavy atom. The standard InChI is InChI=1S/C15H19FN2O2/c1-4-9-17-13(19)15(2,3)14(20)18-10-11-5-7-12(16)8-6-11/h4-8H,1,9-10H2,2-3H3,(H,17,19)(H,18,20). The van der Waals surface area contributed by atoms with Crippen molar-refractivity contribution >= 4 is 11.8 Å². The lowest BCUT2D eigenvalue weighted by Gasteiger charge is -2.22. The Labute approximate surface area is 118 Å². The van der Waals surface area contributed by atoms with Gasteiger partial charge in [-0.3, -0.25) is 9.59 Å². The molecule has 20 heavy (non-hydrogen) atoms. The van der Waals surface area contributed by atoms with E-state index in [1.165, 1.54) is 12.1 Å². The normalized spacial score (nSPS) is 10.8. The minimum atomic E-state index is -1.18. The summed E-state index contributed by atoms with van der Waals surface area (Å²) in [4.78, 5) is 23.9. The van der Waals surface area contributed by atoms with Crippen molar-refractivity contribution in [2.45, 2.75) is 20.4 Å². The summed E-state index contributed by atoms with van der Waals surface area (Å²) in [5, 5.41) is 5.26. The van der Waals surface area contributed by atoms with Crippen LogP contribution in [0.25, 0.3) is 0 Å². The third-order valence-electron chi connectivity index (χ3n) is 2.91. The van der Waals surface area contributed by atoms with E-state index in [1.54, 1.807) is 32.1 Å². The van der Waals surface area contributed by atoms with Gasteiger partial charge in [-0.2, -0.15) is 0 Å². The van der Waals surface area contributed by atoms with Crippen LogP contribution in [0.2, 0.25) is 0 Å². The number of carbonyl (C=O) groups is 2. The van der Waals surface area contributed by atoms with E-state index in [1.807, 2.05) is 0 Å². The van der Waals surface area contributed by atoms with Crippen LogP contribution in [0.5, 0.6) is 0 Å². The molecule has 2 N–H and O–H groups in total. The van der Waals surface area contributed by atoms with E-state index in [2.05, 4.69) is 17.2 Å². The lowest BCUT2D eigenvalue weighted by atomic mass is 9.91. The maximum Gasteiger partial charge on any atom is 0.235 e. The molecule has 4 nitrogen and oxygen atoms in total. The number of hydrogen-bond donors (Lipinski definition) is 2. The molecule has 2 amide bonds. The summed E-state index contributed by atoms with van der Waals surface area (Å²) in [6.45, 7) is 7.15. The second-order valence-electron chi connectivity index (χ2n) is 4.93. The first-order valence-electron chi connectivity index (χ1n) is 6.30. The minimum Gasteiger partial charge on any atom is -0.352 e. The summed E-state index contributed by atoms with van der Waals surface area (Å²) >= 11 is 0. The maximum absolute atomic E-state index is 12.8. The summed E-state index contributed by atoms with van der Waals surface area (Å²) < 4.78 is 12.8. The predicted octanol–water partition coefficient (Wildman–Crippen LogP) is 1.77. The van der Waals surface area contributed by atoms with Gasteiger partial charge in [0.1, 0.15) is 11.2 Å². The zero-order valence-electron chi connectivity index (χ0n) is 11.7. The number of hydrogen-bond acceptors (Lipinski definition) is 2. The molecule has 0 aliphatic heterocycles. The largest absolute Gasteiger partial charge is 0.352 e. The summed E-state index contributed by atoms with van der Waals surface area (Å²) in [6.07, 6.45) is 1.55. The van der Waals surface area contributed by atoms with Gasteiger partial charge in [0.25, 0.3) is 0 Å². The van der Waals surface area contributed by atoms with Gasteiger partial charge in [-0.15, -0.1) is 6.58 Å². The molecule has 0 saturated carbocycles. The van der Waals surface area contributed by atoms with Crippen molar-refractivity contribution in [3.63, 3.8) is 0 Å². The third-order valence-corrected chi connectivity index (χ3v) is 2.91. The summed E-state index contributed by atoms with van der Waals surface area (Å²) in [7, 11) is 0. The average Bonchev–Trinajstić information content (AvgIpc) is 2.43. The topological polar surface area (TPSA) is 58.2 Å². The minimum absolute atomic E-state index is 0.247. The molecule has 1 rings (SSSR count). The Bertz CT molecular complexity index is 495. The Kier molecular flexibility index (Phi) is 5.43. The van der Waals surface area contributed by atoms with Gasteiger partial charge < -0.3 is 10.6 Å². The van der Waals surface area contributed by atoms with Crippen LogP contribution in [0, 0.1) is 11.2 Å². The van der Waals surface area contributed by atoms with Gasteiger partial charge in [-0.1, -0.05) is 18.2 Å². The molecule has 0 saturated heterocycles. The molecule has 5 heteroatoms. The molecule has 0 spiro atoms. The fourth-order valence-corrected chi connectivity index (χ4v) is 1.49. The second-order valence-corrected chi connectivity index (χ2v) is 4.93. The van der Waals surface area contributed by atoms with E-state index >= 15 is 0 Å². The van der Waals surface area contributed by atoms with Crippen molar-refractivity contribution in [2.24, 2.45) is 5.41 Å². The molecule has 0 bridgehead atoms. The fraction of sp³-hybridized carbons (Fsp3) is 0.333. The first kappa shape index (κ1) is 15.9. The van der Waals surface area contributed by atoms with Crippen LogP contribution >= 0.6 is 0 Å². The molecule has 1 aromatic rings. The first-order chi connectivity index (χ1) is 9.37. The number of carbonyl (C=O) groups excluding carboxylic acids is 2. The van der Waals surface area contributed by atoms with Crippen LogP contribution < -0.4 is 10.6 Å². The van der Waals surface area contributed by atoms with Crippen molar-refractivity contribution in [1.29, 1.82) is 0 Å². The van der Waals surface area contributed by atoms with Crippen LogP contribution in [0.15, 0.2) is 36.9 Å². The molecule has 0 aliphatic carbocycles. The molecule has 0 unspecified atom stereocenters. The van der Waals surface area contributed by atoms with Gasteiger partial charge in [0.05, 0.1) is 0 Å². The van der Waals surface area contributed by atoms with Gasteiger partial charge in [-0.05, 0) is 31.5 Å². The predicted molar refractivity (Wildman–Crippen MR) is 75.2 cm³/mol. The van der Waals surface area contributed by atoms with E-state index in [-0.39, 0.29) is 24.2 Å². The average molecular weight is 278 g/mol. The number of amides is 2. The Morgan fingerprint density at radius 2 is 1.75 bits per heavy atom. The van der Waals surface area contributed by atoms with E-state index in [0.29, 0.717) is 6.54 Å². The number of halogens is 1. The van der Waals surface area contributed by atoms with E-state index in [9.17, 15) is 14.0 Å². The SMILES string of the molecule is C=CCNC(=O)C(C)(C)C(=O)NCc1ccc(F)cc1. The maximum atomic E-state index is 12.8. The smallest absolute Gasteiger partial charge is 0.235 e. The summed E-state index contributed by atoms with van der Waals surface area (Å²) in [6, 6.07) is 5.81.